The van der Waals surface area contributed by atoms with Crippen molar-refractivity contribution in [2.24, 2.45) is 0 Å². The van der Waals surface area contributed by atoms with Crippen LogP contribution in [0.1, 0.15) is 35.3 Å². The van der Waals surface area contributed by atoms with Gasteiger partial charge in [-0.3, -0.25) is 9.59 Å². The Morgan fingerprint density at radius 3 is 2.97 bits per heavy atom. The zero-order chi connectivity index (χ0) is 20.9. The van der Waals surface area contributed by atoms with E-state index < -0.39 is 0 Å². The Morgan fingerprint density at radius 1 is 1.27 bits per heavy atom. The molecular weight excluding hydrogens is 405 g/mol. The van der Waals surface area contributed by atoms with Crippen LogP contribution in [0.5, 0.6) is 0 Å². The number of piperidine rings is 1. The summed E-state index contributed by atoms with van der Waals surface area (Å²) in [4.78, 5) is 30.7. The third-order valence-corrected chi connectivity index (χ3v) is 5.74. The maximum absolute atomic E-state index is 13.5. The summed E-state index contributed by atoms with van der Waals surface area (Å²) in [5, 5.41) is 9.20. The number of benzene rings is 1. The molecule has 1 N–H and O–H groups in total. The number of halogens is 1. The third kappa shape index (κ3) is 4.73. The topological polar surface area (TPSA) is 80.1 Å². The summed E-state index contributed by atoms with van der Waals surface area (Å²) in [6.07, 6.45) is 3.00. The molecular formula is C21H22FN5O2S. The summed E-state index contributed by atoms with van der Waals surface area (Å²) in [5.41, 5.74) is 2.48. The second-order valence-corrected chi connectivity index (χ2v) is 7.96. The second kappa shape index (κ2) is 9.17. The lowest BCUT2D eigenvalue weighted by Crippen LogP contribution is -2.47. The summed E-state index contributed by atoms with van der Waals surface area (Å²) >= 11 is 1.38. The van der Waals surface area contributed by atoms with Crippen molar-refractivity contribution in [3.8, 4) is 0 Å². The van der Waals surface area contributed by atoms with Crippen molar-refractivity contribution in [2.45, 2.75) is 31.8 Å². The summed E-state index contributed by atoms with van der Waals surface area (Å²) in [5.74, 6) is 0.146. The molecule has 1 amide bonds. The van der Waals surface area contributed by atoms with Gasteiger partial charge in [0.2, 0.25) is 0 Å². The Hall–Kier alpha value is -3.07. The Balaban J connectivity index is 1.50. The highest BCUT2D eigenvalue weighted by Gasteiger charge is 2.25. The lowest BCUT2D eigenvalue weighted by Gasteiger charge is -2.36. The smallest absolute Gasteiger partial charge is 0.270 e. The van der Waals surface area contributed by atoms with Crippen molar-refractivity contribution in [1.82, 2.24) is 20.1 Å². The number of anilines is 1. The predicted octanol–water partition coefficient (Wildman–Crippen LogP) is 2.68. The Kier molecular flexibility index (Phi) is 6.18. The highest BCUT2D eigenvalue weighted by Crippen LogP contribution is 2.22. The Morgan fingerprint density at radius 2 is 2.17 bits per heavy atom. The maximum atomic E-state index is 13.5. The van der Waals surface area contributed by atoms with Crippen molar-refractivity contribution in [3.63, 3.8) is 0 Å². The van der Waals surface area contributed by atoms with Gasteiger partial charge in [0, 0.05) is 30.6 Å². The fraction of sp³-hybridized carbons (Fsp3) is 0.333. The first-order valence-corrected chi connectivity index (χ1v) is 10.8. The van der Waals surface area contributed by atoms with Crippen molar-refractivity contribution in [3.05, 3.63) is 74.7 Å². The number of amides is 1. The number of carbonyl (C=O) groups is 1. The normalized spacial score (nSPS) is 16.4. The van der Waals surface area contributed by atoms with E-state index in [2.05, 4.69) is 20.3 Å². The lowest BCUT2D eigenvalue weighted by molar-refractivity contribution is 0.0945. The molecule has 1 aromatic carbocycles. The molecule has 1 saturated heterocycles. The quantitative estimate of drug-likeness (QED) is 0.654. The van der Waals surface area contributed by atoms with Crippen LogP contribution in [0.3, 0.4) is 0 Å². The van der Waals surface area contributed by atoms with Gasteiger partial charge in [0.25, 0.3) is 11.5 Å². The fourth-order valence-corrected chi connectivity index (χ4v) is 4.19. The van der Waals surface area contributed by atoms with Crippen LogP contribution < -0.4 is 15.8 Å². The number of thiazole rings is 1. The Labute approximate surface area is 177 Å². The number of hydrogen-bond acceptors (Lipinski definition) is 6. The second-order valence-electron chi connectivity index (χ2n) is 7.24. The van der Waals surface area contributed by atoms with Crippen molar-refractivity contribution in [1.29, 1.82) is 0 Å². The minimum atomic E-state index is -0.344. The number of rotatable bonds is 6. The summed E-state index contributed by atoms with van der Waals surface area (Å²) in [6.45, 7) is 1.47. The van der Waals surface area contributed by atoms with Crippen LogP contribution >= 0.6 is 11.3 Å². The molecule has 1 unspecified atom stereocenters. The van der Waals surface area contributed by atoms with Gasteiger partial charge in [-0.2, -0.15) is 5.10 Å². The summed E-state index contributed by atoms with van der Waals surface area (Å²) < 4.78 is 14.8. The van der Waals surface area contributed by atoms with Crippen molar-refractivity contribution < 1.29 is 9.18 Å². The summed E-state index contributed by atoms with van der Waals surface area (Å²) in [7, 11) is 0. The molecule has 0 aliphatic carbocycles. The monoisotopic (exact) mass is 427 g/mol. The highest BCUT2D eigenvalue weighted by molar-refractivity contribution is 7.07. The van der Waals surface area contributed by atoms with Gasteiger partial charge < -0.3 is 10.2 Å². The van der Waals surface area contributed by atoms with E-state index in [1.54, 1.807) is 29.1 Å². The Bertz CT molecular complexity index is 1070. The predicted molar refractivity (Wildman–Crippen MR) is 113 cm³/mol. The molecule has 0 bridgehead atoms. The highest BCUT2D eigenvalue weighted by atomic mass is 32.1. The first-order valence-electron chi connectivity index (χ1n) is 9.86. The van der Waals surface area contributed by atoms with Crippen molar-refractivity contribution >= 4 is 23.1 Å². The third-order valence-electron chi connectivity index (χ3n) is 5.16. The van der Waals surface area contributed by atoms with E-state index in [9.17, 15) is 14.0 Å². The molecule has 3 aromatic rings. The molecule has 1 fully saturated rings. The van der Waals surface area contributed by atoms with E-state index in [1.807, 2.05) is 0 Å². The zero-order valence-electron chi connectivity index (χ0n) is 16.3. The van der Waals surface area contributed by atoms with Gasteiger partial charge in [-0.05, 0) is 43.0 Å². The molecule has 2 aromatic heterocycles. The molecule has 30 heavy (non-hydrogen) atoms. The van der Waals surface area contributed by atoms with Gasteiger partial charge in [0.1, 0.15) is 17.3 Å². The molecule has 4 rings (SSSR count). The van der Waals surface area contributed by atoms with Crippen LogP contribution in [0.2, 0.25) is 0 Å². The first kappa shape index (κ1) is 20.2. The van der Waals surface area contributed by atoms with Gasteiger partial charge in [0.05, 0.1) is 12.1 Å². The van der Waals surface area contributed by atoms with Gasteiger partial charge in [-0.1, -0.05) is 12.1 Å². The minimum Gasteiger partial charge on any atom is -0.350 e. The number of hydrogen-bond donors (Lipinski definition) is 1. The molecule has 7 nitrogen and oxygen atoms in total. The van der Waals surface area contributed by atoms with Crippen LogP contribution in [-0.2, 0) is 6.54 Å². The molecule has 0 radical (unpaired) electrons. The van der Waals surface area contributed by atoms with E-state index in [0.29, 0.717) is 23.6 Å². The van der Waals surface area contributed by atoms with Crippen LogP contribution in [0.4, 0.5) is 10.2 Å². The van der Waals surface area contributed by atoms with Gasteiger partial charge in [-0.25, -0.2) is 14.1 Å². The minimum absolute atomic E-state index is 0.0777. The SMILES string of the molecule is O=C(NCC1CCCCN1c1ccc(=O)n(Cc2cccc(F)c2)n1)c1cscn1. The number of carbonyl (C=O) groups excluding carboxylic acids is 1. The van der Waals surface area contributed by atoms with Gasteiger partial charge in [-0.15, -0.1) is 11.3 Å². The average molecular weight is 428 g/mol. The van der Waals surface area contributed by atoms with E-state index in [1.165, 1.54) is 34.2 Å². The molecule has 156 valence electrons. The molecule has 1 aliphatic heterocycles. The fourth-order valence-electron chi connectivity index (χ4n) is 3.65. The molecule has 1 aliphatic rings. The van der Waals surface area contributed by atoms with Gasteiger partial charge >= 0.3 is 0 Å². The molecule has 3 heterocycles. The van der Waals surface area contributed by atoms with Crippen molar-refractivity contribution in [2.75, 3.05) is 18.0 Å². The van der Waals surface area contributed by atoms with E-state index >= 15 is 0 Å². The van der Waals surface area contributed by atoms with Crippen LogP contribution in [0.15, 0.2) is 52.1 Å². The van der Waals surface area contributed by atoms with Crippen LogP contribution in [-0.4, -0.2) is 39.8 Å². The summed E-state index contributed by atoms with van der Waals surface area (Å²) in [6, 6.07) is 9.43. The standard InChI is InChI=1S/C21H22FN5O2S/c22-16-5-3-4-15(10-16)12-27-20(28)8-7-19(25-27)26-9-2-1-6-17(26)11-23-21(29)18-13-30-14-24-18/h3-5,7-8,10,13-14,17H,1-2,6,9,11-12H2,(H,23,29). The van der Waals surface area contributed by atoms with E-state index in [-0.39, 0.29) is 29.9 Å². The maximum Gasteiger partial charge on any atom is 0.270 e. The number of nitrogens with one attached hydrogen (secondary N) is 1. The van der Waals surface area contributed by atoms with E-state index in [0.717, 1.165) is 25.8 Å². The van der Waals surface area contributed by atoms with E-state index in [4.69, 9.17) is 0 Å². The molecule has 0 saturated carbocycles. The molecule has 0 spiro atoms. The lowest BCUT2D eigenvalue weighted by atomic mass is 10.0. The van der Waals surface area contributed by atoms with Gasteiger partial charge in [0.15, 0.2) is 0 Å². The zero-order valence-corrected chi connectivity index (χ0v) is 17.1. The average Bonchev–Trinajstić information content (AvgIpc) is 3.29. The molecule has 1 atom stereocenters. The van der Waals surface area contributed by atoms with Crippen LogP contribution in [0.25, 0.3) is 0 Å². The largest absolute Gasteiger partial charge is 0.350 e. The number of aromatic nitrogens is 3. The number of nitrogens with zero attached hydrogens (tertiary/aromatic N) is 4. The molecule has 9 heteroatoms. The first-order chi connectivity index (χ1) is 14.6. The van der Waals surface area contributed by atoms with Crippen LogP contribution in [0, 0.1) is 5.82 Å².